The molecule has 0 bridgehead atoms. The second-order valence-corrected chi connectivity index (χ2v) is 59.0. The maximum absolute atomic E-state index is 2.73. The third-order valence-electron chi connectivity index (χ3n) is 29.1. The van der Waals surface area contributed by atoms with Crippen LogP contribution in [-0.4, -0.2) is 44.4 Å². The lowest BCUT2D eigenvalue weighted by Crippen LogP contribution is -2.63. The quantitative estimate of drug-likeness (QED) is 0.0891. The molecule has 0 aliphatic carbocycles. The van der Waals surface area contributed by atoms with Gasteiger partial charge in [-0.05, 0) is 260 Å². The van der Waals surface area contributed by atoms with E-state index in [9.17, 15) is 0 Å². The summed E-state index contributed by atoms with van der Waals surface area (Å²) in [6, 6.07) is 124. The molecule has 6 nitrogen and oxygen atoms in total. The van der Waals surface area contributed by atoms with Gasteiger partial charge in [0.1, 0.15) is 0 Å². The summed E-state index contributed by atoms with van der Waals surface area (Å²) in [4.78, 5) is 15.9. The number of anilines is 18. The zero-order valence-electron chi connectivity index (χ0n) is 78.9. The molecule has 6 aliphatic heterocycles. The third-order valence-corrected chi connectivity index (χ3v) is 35.3. The van der Waals surface area contributed by atoms with E-state index in [1.807, 2.05) is 0 Å². The first-order chi connectivity index (χ1) is 60.9. The maximum Gasteiger partial charge on any atom is 0.252 e. The van der Waals surface area contributed by atoms with Crippen LogP contribution in [0, 0.1) is 20.8 Å². The van der Waals surface area contributed by atoms with Crippen LogP contribution in [0.25, 0.3) is 0 Å². The number of benzene rings is 15. The highest BCUT2D eigenvalue weighted by molar-refractivity contribution is 7.03. The van der Waals surface area contributed by atoms with Crippen molar-refractivity contribution in [1.29, 1.82) is 0 Å². The molecule has 15 aromatic carbocycles. The molecule has 6 aliphatic rings. The van der Waals surface area contributed by atoms with Crippen molar-refractivity contribution in [3.05, 3.63) is 359 Å². The van der Waals surface area contributed by atoms with E-state index in [0.29, 0.717) is 0 Å². The Morgan fingerprint density at radius 2 is 0.484 bits per heavy atom. The SMILES string of the molecule is Cc1ccc(N2c3ccc([Si](C)(C)C)cc3B3c4ccc(C(C)(c5cccc6c5N(c5ccc(C(C)(C)C)cc5)c5cccc7c5B6c5cc(C)ccc5N7c5ccc([Si](C)(C)C)cc5)c5cccc6c5N(c5ccc(C(C)(C)C)cc5)c5cccc7c5B6c5cc([Si](C)(C)C)ccc5N7c5ccc(C)cc5)cc4N(c4ccc(C(C)(C)C)cc4)c4cccc2c43)cc1. The van der Waals surface area contributed by atoms with E-state index >= 15 is 0 Å². The first-order valence-electron chi connectivity index (χ1n) is 46.5. The number of hydrogen-bond donors (Lipinski definition) is 0. The van der Waals surface area contributed by atoms with Crippen molar-refractivity contribution < 1.29 is 0 Å². The summed E-state index contributed by atoms with van der Waals surface area (Å²) >= 11 is 0. The van der Waals surface area contributed by atoms with Crippen molar-refractivity contribution in [2.24, 2.45) is 0 Å². The Balaban J connectivity index is 0.908. The van der Waals surface area contributed by atoms with Gasteiger partial charge in [0.2, 0.25) is 0 Å². The molecule has 0 amide bonds. The first kappa shape index (κ1) is 82.9. The lowest BCUT2D eigenvalue weighted by Gasteiger charge is -2.49. The van der Waals surface area contributed by atoms with Crippen molar-refractivity contribution in [3.8, 4) is 0 Å². The fourth-order valence-corrected chi connectivity index (χ4v) is 25.5. The van der Waals surface area contributed by atoms with Gasteiger partial charge >= 0.3 is 0 Å². The fraction of sp³-hybridized carbons (Fsp3) is 0.224. The van der Waals surface area contributed by atoms with Crippen LogP contribution in [0.4, 0.5) is 102 Å². The molecule has 6 heterocycles. The van der Waals surface area contributed by atoms with Crippen LogP contribution in [0.3, 0.4) is 0 Å². The molecule has 0 spiro atoms. The summed E-state index contributed by atoms with van der Waals surface area (Å²) in [5, 5.41) is 4.35. The van der Waals surface area contributed by atoms with Gasteiger partial charge in [-0.25, -0.2) is 0 Å². The lowest BCUT2D eigenvalue weighted by atomic mass is 9.32. The molecule has 0 saturated carbocycles. The van der Waals surface area contributed by atoms with Crippen LogP contribution >= 0.6 is 0 Å². The summed E-state index contributed by atoms with van der Waals surface area (Å²) in [5.41, 5.74) is 42.9. The molecular weight excluding hydrogens is 1590 g/mol. The van der Waals surface area contributed by atoms with E-state index in [-0.39, 0.29) is 36.4 Å². The Morgan fingerprint density at radius 1 is 0.211 bits per heavy atom. The van der Waals surface area contributed by atoms with Gasteiger partial charge < -0.3 is 29.4 Å². The van der Waals surface area contributed by atoms with Crippen molar-refractivity contribution in [2.45, 2.75) is 171 Å². The van der Waals surface area contributed by atoms with E-state index in [1.54, 1.807) is 0 Å². The van der Waals surface area contributed by atoms with Crippen LogP contribution in [0.5, 0.6) is 0 Å². The van der Waals surface area contributed by atoms with E-state index < -0.39 is 29.6 Å². The number of nitrogens with zero attached hydrogens (tertiary/aromatic N) is 6. The van der Waals surface area contributed by atoms with Crippen LogP contribution in [-0.2, 0) is 21.7 Å². The second-order valence-electron chi connectivity index (χ2n) is 43.8. The summed E-state index contributed by atoms with van der Waals surface area (Å²) < 4.78 is 0. The number of rotatable bonds is 12. The molecule has 0 N–H and O–H groups in total. The largest absolute Gasteiger partial charge is 0.311 e. The van der Waals surface area contributed by atoms with Gasteiger partial charge in [0.25, 0.3) is 20.1 Å². The Morgan fingerprint density at radius 3 is 0.836 bits per heavy atom. The van der Waals surface area contributed by atoms with Crippen molar-refractivity contribution >= 4 is 211 Å². The average molecular weight is 1710 g/mol. The highest BCUT2D eigenvalue weighted by atomic mass is 28.3. The van der Waals surface area contributed by atoms with Gasteiger partial charge in [-0.2, -0.15) is 0 Å². The molecule has 0 radical (unpaired) electrons. The predicted molar refractivity (Wildman–Crippen MR) is 566 cm³/mol. The molecule has 0 fully saturated rings. The Hall–Kier alpha value is -12.1. The van der Waals surface area contributed by atoms with Gasteiger partial charge in [0.15, 0.2) is 0 Å². The zero-order chi connectivity index (χ0) is 89.3. The number of fused-ring (bicyclic) bond motifs is 12. The van der Waals surface area contributed by atoms with Gasteiger partial charge in [0, 0.05) is 108 Å². The van der Waals surface area contributed by atoms with Crippen LogP contribution in [0.15, 0.2) is 309 Å². The smallest absolute Gasteiger partial charge is 0.252 e. The molecule has 15 aromatic rings. The molecule has 12 heteroatoms. The highest BCUT2D eigenvalue weighted by Crippen LogP contribution is 2.57. The minimum atomic E-state index is -1.96. The second kappa shape index (κ2) is 29.5. The van der Waals surface area contributed by atoms with Gasteiger partial charge in [-0.1, -0.05) is 329 Å². The molecule has 1 unspecified atom stereocenters. The van der Waals surface area contributed by atoms with E-state index in [0.717, 1.165) is 28.4 Å². The summed E-state index contributed by atoms with van der Waals surface area (Å²) in [6.45, 7) is 52.4. The Kier molecular flexibility index (Phi) is 19.1. The highest BCUT2D eigenvalue weighted by Gasteiger charge is 2.53. The number of aryl methyl sites for hydroxylation is 3. The monoisotopic (exact) mass is 1710 g/mol. The number of hydrogen-bond acceptors (Lipinski definition) is 6. The summed E-state index contributed by atoms with van der Waals surface area (Å²) in [7, 11) is -5.55. The van der Waals surface area contributed by atoms with Crippen LogP contribution < -0.4 is 94.1 Å². The molecule has 21 rings (SSSR count). The van der Waals surface area contributed by atoms with Gasteiger partial charge in [-0.3, -0.25) is 0 Å². The van der Waals surface area contributed by atoms with Gasteiger partial charge in [0.05, 0.1) is 24.2 Å². The van der Waals surface area contributed by atoms with E-state index in [2.05, 4.69) is 488 Å². The minimum Gasteiger partial charge on any atom is -0.311 e. The molecule has 0 aromatic heterocycles. The fourth-order valence-electron chi connectivity index (χ4n) is 22.0. The lowest BCUT2D eigenvalue weighted by molar-refractivity contribution is 0.590. The Labute approximate surface area is 765 Å². The van der Waals surface area contributed by atoms with Gasteiger partial charge in [-0.15, -0.1) is 0 Å². The zero-order valence-corrected chi connectivity index (χ0v) is 81.9. The molecule has 1 atom stereocenters. The van der Waals surface area contributed by atoms with Crippen molar-refractivity contribution in [3.63, 3.8) is 0 Å². The Bertz CT molecular complexity index is 7010. The third kappa shape index (κ3) is 13.2. The molecule has 0 saturated heterocycles. The van der Waals surface area contributed by atoms with E-state index in [1.165, 1.54) is 189 Å². The minimum absolute atomic E-state index is 0.0796. The summed E-state index contributed by atoms with van der Waals surface area (Å²) in [5.74, 6) is 0. The summed E-state index contributed by atoms with van der Waals surface area (Å²) in [6.07, 6.45) is 0. The van der Waals surface area contributed by atoms with Crippen molar-refractivity contribution in [1.82, 2.24) is 0 Å². The predicted octanol–water partition coefficient (Wildman–Crippen LogP) is 23.7. The average Bonchev–Trinajstić information content (AvgIpc) is 0.682. The van der Waals surface area contributed by atoms with Crippen LogP contribution in [0.2, 0.25) is 58.9 Å². The standard InChI is InChI=1S/C116H117B3N6Si3/c1-74-38-50-81(51-39-74)120-99-68-64-88(127(17,18)19)72-96(99)117-92-66-49-80(71-107(92)123(104-35-25-32-101(120)108(104)117)83-54-43-77(44-55-83)113(4,5)6)116(13,90-28-23-30-93-111(90)124(85-56-45-78(46-57-85)114(7,8)9)105-36-26-33-102-109(105)118(93)95-70-76(3)42-67-98(95)122(102)84-60-62-87(63-61-84)126(14,15)16)91-29-24-31-94-112(91)125(86-58-47-79(48-59-86)115(10,11)12)106-37-27-34-103-110(106)119(94)97-73-89(128(20,21)22)65-69-100(97)121(103)82-52-40-75(2)41-53-82/h23-73H,1-22H3. The normalized spacial score (nSPS) is 14.7. The molecule has 632 valence electrons. The molecule has 128 heavy (non-hydrogen) atoms. The van der Waals surface area contributed by atoms with Crippen molar-refractivity contribution in [2.75, 3.05) is 29.4 Å². The van der Waals surface area contributed by atoms with E-state index in [4.69, 9.17) is 0 Å². The van der Waals surface area contributed by atoms with Crippen LogP contribution in [0.1, 0.15) is 119 Å². The topological polar surface area (TPSA) is 19.4 Å². The molecular formula is C116H117B3N6Si3. The number of para-hydroxylation sites is 2. The maximum atomic E-state index is 2.73. The first-order valence-corrected chi connectivity index (χ1v) is 57.0.